The van der Waals surface area contributed by atoms with Gasteiger partial charge in [0.05, 0.1) is 16.6 Å². The minimum Gasteiger partial charge on any atom is -0.457 e. The number of esters is 1. The van der Waals surface area contributed by atoms with Crippen LogP contribution in [0, 0.1) is 0 Å². The van der Waals surface area contributed by atoms with Crippen LogP contribution < -0.4 is 0 Å². The molecule has 27 heavy (non-hydrogen) atoms. The van der Waals surface area contributed by atoms with Crippen molar-refractivity contribution in [3.63, 3.8) is 0 Å². The van der Waals surface area contributed by atoms with Crippen molar-refractivity contribution in [1.29, 1.82) is 0 Å². The molecule has 0 radical (unpaired) electrons. The molecule has 0 unspecified atom stereocenters. The fraction of sp³-hybridized carbons (Fsp3) is 0.238. The molecule has 3 nitrogen and oxygen atoms in total. The van der Waals surface area contributed by atoms with Gasteiger partial charge in [-0.2, -0.15) is 13.2 Å². The first-order valence-corrected chi connectivity index (χ1v) is 8.68. The zero-order valence-electron chi connectivity index (χ0n) is 14.3. The molecule has 3 aromatic rings. The number of hydrogen-bond donors (Lipinski definition) is 0. The Morgan fingerprint density at radius 2 is 1.78 bits per heavy atom. The normalized spacial score (nSPS) is 13.6. The van der Waals surface area contributed by atoms with E-state index in [2.05, 4.69) is 4.98 Å². The predicted octanol–water partition coefficient (Wildman–Crippen LogP) is 5.10. The zero-order chi connectivity index (χ0) is 19.0. The summed E-state index contributed by atoms with van der Waals surface area (Å²) in [7, 11) is 0. The lowest BCUT2D eigenvalue weighted by molar-refractivity contribution is -0.138. The van der Waals surface area contributed by atoms with Gasteiger partial charge in [0.15, 0.2) is 0 Å². The van der Waals surface area contributed by atoms with Crippen molar-refractivity contribution in [3.8, 4) is 0 Å². The third-order valence-corrected chi connectivity index (χ3v) is 4.80. The highest BCUT2D eigenvalue weighted by atomic mass is 19.4. The second-order valence-corrected chi connectivity index (χ2v) is 6.51. The summed E-state index contributed by atoms with van der Waals surface area (Å²) in [5.41, 5.74) is 1.99. The van der Waals surface area contributed by atoms with E-state index in [4.69, 9.17) is 4.74 Å². The van der Waals surface area contributed by atoms with E-state index in [0.717, 1.165) is 36.6 Å². The van der Waals surface area contributed by atoms with E-state index in [-0.39, 0.29) is 5.56 Å². The second-order valence-electron chi connectivity index (χ2n) is 6.51. The van der Waals surface area contributed by atoms with E-state index in [1.807, 2.05) is 12.1 Å². The first-order chi connectivity index (χ1) is 12.9. The van der Waals surface area contributed by atoms with Crippen LogP contribution in [0.25, 0.3) is 10.9 Å². The number of benzene rings is 2. The zero-order valence-corrected chi connectivity index (χ0v) is 14.3. The Bertz CT molecular complexity index is 1030. The summed E-state index contributed by atoms with van der Waals surface area (Å²) in [6, 6.07) is 12.4. The van der Waals surface area contributed by atoms with Gasteiger partial charge in [0.25, 0.3) is 0 Å². The van der Waals surface area contributed by atoms with E-state index < -0.39 is 24.3 Å². The van der Waals surface area contributed by atoms with E-state index >= 15 is 0 Å². The lowest BCUT2D eigenvalue weighted by Gasteiger charge is -2.15. The molecule has 0 spiro atoms. The Balaban J connectivity index is 1.68. The molecule has 6 heteroatoms. The number of carbonyl (C=O) groups is 1. The van der Waals surface area contributed by atoms with E-state index in [9.17, 15) is 18.0 Å². The average molecular weight is 371 g/mol. The van der Waals surface area contributed by atoms with Crippen molar-refractivity contribution >= 4 is 16.9 Å². The van der Waals surface area contributed by atoms with Crippen molar-refractivity contribution in [2.24, 2.45) is 0 Å². The molecule has 138 valence electrons. The maximum Gasteiger partial charge on any atom is 0.416 e. The van der Waals surface area contributed by atoms with Crippen LogP contribution in [0.5, 0.6) is 0 Å². The van der Waals surface area contributed by atoms with Crippen molar-refractivity contribution in [2.45, 2.75) is 32.0 Å². The van der Waals surface area contributed by atoms with Crippen LogP contribution in [0.4, 0.5) is 13.2 Å². The number of aromatic nitrogens is 1. The molecule has 0 saturated heterocycles. The van der Waals surface area contributed by atoms with Gasteiger partial charge in [-0.15, -0.1) is 0 Å². The van der Waals surface area contributed by atoms with Crippen molar-refractivity contribution in [1.82, 2.24) is 4.98 Å². The number of fused-ring (bicyclic) bond motifs is 2. The maximum absolute atomic E-state index is 13.1. The molecule has 0 fully saturated rings. The SMILES string of the molecule is O=C(OCc1ccccc1C(F)(F)F)c1c2c(nc3ccccc13)CCC2. The number of aryl methyl sites for hydroxylation is 1. The maximum atomic E-state index is 13.1. The minimum atomic E-state index is -4.49. The van der Waals surface area contributed by atoms with Crippen LogP contribution in [-0.2, 0) is 30.4 Å². The van der Waals surface area contributed by atoms with E-state index in [1.54, 1.807) is 12.1 Å². The van der Waals surface area contributed by atoms with Gasteiger partial charge in [0.1, 0.15) is 6.61 Å². The van der Waals surface area contributed by atoms with Gasteiger partial charge in [0.2, 0.25) is 0 Å². The molecule has 0 saturated carbocycles. The summed E-state index contributed by atoms with van der Waals surface area (Å²) in [4.78, 5) is 17.4. The highest BCUT2D eigenvalue weighted by Crippen LogP contribution is 2.33. The van der Waals surface area contributed by atoms with E-state index in [0.29, 0.717) is 16.5 Å². The Hall–Kier alpha value is -2.89. The summed E-state index contributed by atoms with van der Waals surface area (Å²) in [5, 5.41) is 0.673. The predicted molar refractivity (Wildman–Crippen MR) is 94.3 cm³/mol. The second kappa shape index (κ2) is 6.68. The van der Waals surface area contributed by atoms with Crippen molar-refractivity contribution < 1.29 is 22.7 Å². The third kappa shape index (κ3) is 3.27. The first-order valence-electron chi connectivity index (χ1n) is 8.68. The molecule has 1 aromatic heterocycles. The van der Waals surface area contributed by atoms with Crippen LogP contribution in [0.15, 0.2) is 48.5 Å². The van der Waals surface area contributed by atoms with Crippen LogP contribution in [0.1, 0.15) is 39.2 Å². The fourth-order valence-corrected chi connectivity index (χ4v) is 3.58. The minimum absolute atomic E-state index is 0.0617. The molecule has 2 aromatic carbocycles. The van der Waals surface area contributed by atoms with Gasteiger partial charge in [-0.05, 0) is 37.0 Å². The number of carbonyl (C=O) groups excluding carboxylic acids is 1. The van der Waals surface area contributed by atoms with Crippen LogP contribution in [-0.4, -0.2) is 11.0 Å². The van der Waals surface area contributed by atoms with Crippen LogP contribution in [0.3, 0.4) is 0 Å². The number of pyridine rings is 1. The number of para-hydroxylation sites is 1. The summed E-state index contributed by atoms with van der Waals surface area (Å²) in [6.07, 6.45) is -2.09. The summed E-state index contributed by atoms with van der Waals surface area (Å²) < 4.78 is 44.7. The average Bonchev–Trinajstić information content (AvgIpc) is 3.11. The Kier molecular flexibility index (Phi) is 4.34. The lowest BCUT2D eigenvalue weighted by Crippen LogP contribution is -2.14. The molecular formula is C21H16F3NO2. The molecule has 4 rings (SSSR count). The fourth-order valence-electron chi connectivity index (χ4n) is 3.58. The third-order valence-electron chi connectivity index (χ3n) is 4.80. The van der Waals surface area contributed by atoms with Crippen molar-refractivity contribution in [2.75, 3.05) is 0 Å². The van der Waals surface area contributed by atoms with Crippen molar-refractivity contribution in [3.05, 3.63) is 76.5 Å². The number of rotatable bonds is 3. The summed E-state index contributed by atoms with van der Waals surface area (Å²) in [5.74, 6) is -0.608. The molecular weight excluding hydrogens is 355 g/mol. The number of halogens is 3. The number of hydrogen-bond acceptors (Lipinski definition) is 3. The molecule has 1 aliphatic carbocycles. The largest absolute Gasteiger partial charge is 0.457 e. The van der Waals surface area contributed by atoms with Gasteiger partial charge < -0.3 is 4.74 Å². The van der Waals surface area contributed by atoms with Crippen LogP contribution in [0.2, 0.25) is 0 Å². The Morgan fingerprint density at radius 3 is 2.59 bits per heavy atom. The monoisotopic (exact) mass is 371 g/mol. The van der Waals surface area contributed by atoms with Crippen LogP contribution >= 0.6 is 0 Å². The molecule has 0 atom stereocenters. The number of nitrogens with zero attached hydrogens (tertiary/aromatic N) is 1. The Labute approximate surface area is 153 Å². The summed E-state index contributed by atoms with van der Waals surface area (Å²) in [6.45, 7) is -0.431. The first kappa shape index (κ1) is 17.5. The van der Waals surface area contributed by atoms with Gasteiger partial charge >= 0.3 is 12.1 Å². The molecule has 1 aliphatic rings. The van der Waals surface area contributed by atoms with Gasteiger partial charge in [-0.1, -0.05) is 36.4 Å². The number of ether oxygens (including phenoxy) is 1. The van der Waals surface area contributed by atoms with E-state index in [1.165, 1.54) is 18.2 Å². The molecule has 0 aliphatic heterocycles. The smallest absolute Gasteiger partial charge is 0.416 e. The highest BCUT2D eigenvalue weighted by Gasteiger charge is 2.33. The molecule has 0 N–H and O–H groups in total. The van der Waals surface area contributed by atoms with Gasteiger partial charge in [-0.25, -0.2) is 4.79 Å². The van der Waals surface area contributed by atoms with Gasteiger partial charge in [-0.3, -0.25) is 4.98 Å². The summed E-state index contributed by atoms with van der Waals surface area (Å²) >= 11 is 0. The highest BCUT2D eigenvalue weighted by molar-refractivity contribution is 6.05. The lowest BCUT2D eigenvalue weighted by atomic mass is 10.0. The molecule has 1 heterocycles. The van der Waals surface area contributed by atoms with Gasteiger partial charge in [0, 0.05) is 16.6 Å². The quantitative estimate of drug-likeness (QED) is 0.602. The molecule has 0 bridgehead atoms. The molecule has 0 amide bonds. The standard InChI is InChI=1S/C21H16F3NO2/c22-21(23,24)16-9-3-1-6-13(16)12-27-20(26)19-14-7-2-4-10-17(14)25-18-11-5-8-15(18)19/h1-4,6-7,9-10H,5,8,11-12H2. The Morgan fingerprint density at radius 1 is 1.04 bits per heavy atom. The topological polar surface area (TPSA) is 39.2 Å². The number of alkyl halides is 3.